The predicted octanol–water partition coefficient (Wildman–Crippen LogP) is 3.05. The summed E-state index contributed by atoms with van der Waals surface area (Å²) in [5.41, 5.74) is 0.913. The minimum Gasteiger partial charge on any atom is -0.506 e. The standard InChI is InChI=1S/C22H22ClNO6/c1-3-29-21(27)17(10-13-7-5-4-6-8-13)24-20(26)15-11-16(23)14-9-12(2)30-22(28)18(14)19(15)25/h4-8,11-12,17,25H,3,9-10H2,1-2H3,(H,24,26)/t12-,17+/m0/s1. The lowest BCUT2D eigenvalue weighted by Crippen LogP contribution is -2.43. The third-order valence-electron chi connectivity index (χ3n) is 4.76. The number of phenolic OH excluding ortho intramolecular Hbond substituents is 1. The van der Waals surface area contributed by atoms with Crippen LogP contribution in [0.25, 0.3) is 0 Å². The molecular weight excluding hydrogens is 410 g/mol. The van der Waals surface area contributed by atoms with Gasteiger partial charge in [0.2, 0.25) is 0 Å². The van der Waals surface area contributed by atoms with Crippen LogP contribution in [0.3, 0.4) is 0 Å². The van der Waals surface area contributed by atoms with E-state index in [0.717, 1.165) is 5.56 Å². The maximum absolute atomic E-state index is 12.9. The van der Waals surface area contributed by atoms with Gasteiger partial charge in [0.15, 0.2) is 0 Å². The van der Waals surface area contributed by atoms with Crippen LogP contribution in [0, 0.1) is 0 Å². The molecule has 0 radical (unpaired) electrons. The van der Waals surface area contributed by atoms with Gasteiger partial charge in [0.25, 0.3) is 5.91 Å². The van der Waals surface area contributed by atoms with Crippen LogP contribution in [0.4, 0.5) is 0 Å². The summed E-state index contributed by atoms with van der Waals surface area (Å²) in [5.74, 6) is -2.63. The Hall–Kier alpha value is -3.06. The minimum absolute atomic E-state index is 0.124. The molecule has 158 valence electrons. The first-order chi connectivity index (χ1) is 14.3. The molecule has 0 aromatic heterocycles. The van der Waals surface area contributed by atoms with Gasteiger partial charge in [-0.1, -0.05) is 41.9 Å². The number of nitrogens with one attached hydrogen (secondary N) is 1. The molecular formula is C22H22ClNO6. The maximum Gasteiger partial charge on any atom is 0.342 e. The van der Waals surface area contributed by atoms with Crippen molar-refractivity contribution in [1.82, 2.24) is 5.32 Å². The van der Waals surface area contributed by atoms with E-state index in [0.29, 0.717) is 12.0 Å². The minimum atomic E-state index is -0.985. The van der Waals surface area contributed by atoms with Crippen molar-refractivity contribution in [2.75, 3.05) is 6.61 Å². The Morgan fingerprint density at radius 3 is 2.70 bits per heavy atom. The van der Waals surface area contributed by atoms with E-state index >= 15 is 0 Å². The number of hydrogen-bond donors (Lipinski definition) is 2. The van der Waals surface area contributed by atoms with E-state index in [1.165, 1.54) is 6.07 Å². The summed E-state index contributed by atoms with van der Waals surface area (Å²) >= 11 is 6.28. The molecule has 8 heteroatoms. The number of rotatable bonds is 6. The van der Waals surface area contributed by atoms with Gasteiger partial charge in [-0.2, -0.15) is 0 Å². The van der Waals surface area contributed by atoms with Crippen LogP contribution in [-0.4, -0.2) is 41.7 Å². The van der Waals surface area contributed by atoms with Crippen LogP contribution in [-0.2, 0) is 27.1 Å². The average molecular weight is 432 g/mol. The number of ether oxygens (including phenoxy) is 2. The Balaban J connectivity index is 1.90. The number of cyclic esters (lactones) is 1. The molecule has 2 aromatic rings. The van der Waals surface area contributed by atoms with Crippen LogP contribution < -0.4 is 5.32 Å². The zero-order valence-electron chi connectivity index (χ0n) is 16.6. The number of phenols is 1. The van der Waals surface area contributed by atoms with Crippen LogP contribution in [0.5, 0.6) is 5.75 Å². The van der Waals surface area contributed by atoms with Crippen molar-refractivity contribution in [3.05, 3.63) is 63.7 Å². The van der Waals surface area contributed by atoms with Gasteiger partial charge in [-0.3, -0.25) is 4.79 Å². The highest BCUT2D eigenvalue weighted by Gasteiger charge is 2.33. The monoisotopic (exact) mass is 431 g/mol. The van der Waals surface area contributed by atoms with E-state index in [9.17, 15) is 19.5 Å². The number of aromatic hydroxyl groups is 1. The number of benzene rings is 2. The molecule has 0 unspecified atom stereocenters. The van der Waals surface area contributed by atoms with Crippen molar-refractivity contribution in [2.24, 2.45) is 0 Å². The zero-order chi connectivity index (χ0) is 21.8. The highest BCUT2D eigenvalue weighted by molar-refractivity contribution is 6.32. The van der Waals surface area contributed by atoms with Crippen molar-refractivity contribution >= 4 is 29.4 Å². The first-order valence-electron chi connectivity index (χ1n) is 9.58. The van der Waals surface area contributed by atoms with E-state index in [1.54, 1.807) is 13.8 Å². The molecule has 3 rings (SSSR count). The molecule has 1 heterocycles. The van der Waals surface area contributed by atoms with Gasteiger partial charge in [0.1, 0.15) is 23.5 Å². The summed E-state index contributed by atoms with van der Waals surface area (Å²) in [4.78, 5) is 37.5. The molecule has 1 amide bonds. The van der Waals surface area contributed by atoms with E-state index < -0.39 is 29.6 Å². The topological polar surface area (TPSA) is 102 Å². The Morgan fingerprint density at radius 2 is 2.03 bits per heavy atom. The van der Waals surface area contributed by atoms with Crippen molar-refractivity contribution in [2.45, 2.75) is 38.8 Å². The second-order valence-corrected chi connectivity index (χ2v) is 7.40. The fourth-order valence-corrected chi connectivity index (χ4v) is 3.65. The SMILES string of the molecule is CCOC(=O)[C@@H](Cc1ccccc1)NC(=O)c1cc(Cl)c2c(c1O)C(=O)O[C@@H](C)C2. The normalized spacial score (nSPS) is 16.2. The predicted molar refractivity (Wildman–Crippen MR) is 110 cm³/mol. The number of fused-ring (bicyclic) bond motifs is 1. The summed E-state index contributed by atoms with van der Waals surface area (Å²) in [6.07, 6.45) is 0.139. The van der Waals surface area contributed by atoms with E-state index in [4.69, 9.17) is 21.1 Å². The lowest BCUT2D eigenvalue weighted by Gasteiger charge is -2.24. The molecule has 2 atom stereocenters. The van der Waals surface area contributed by atoms with Crippen LogP contribution in [0.15, 0.2) is 36.4 Å². The second-order valence-electron chi connectivity index (χ2n) is 7.00. The fraction of sp³-hybridized carbons (Fsp3) is 0.318. The van der Waals surface area contributed by atoms with Gasteiger partial charge in [-0.05, 0) is 31.0 Å². The number of amides is 1. The number of carbonyl (C=O) groups excluding carboxylic acids is 3. The van der Waals surface area contributed by atoms with Gasteiger partial charge < -0.3 is 19.9 Å². The third-order valence-corrected chi connectivity index (χ3v) is 5.10. The molecule has 1 aliphatic rings. The summed E-state index contributed by atoms with van der Waals surface area (Å²) in [5, 5.41) is 13.3. The van der Waals surface area contributed by atoms with Gasteiger partial charge in [0, 0.05) is 17.9 Å². The van der Waals surface area contributed by atoms with Crippen LogP contribution >= 0.6 is 11.6 Å². The Labute approximate surface area is 178 Å². The molecule has 1 aliphatic heterocycles. The largest absolute Gasteiger partial charge is 0.506 e. The Kier molecular flexibility index (Phi) is 6.62. The smallest absolute Gasteiger partial charge is 0.342 e. The molecule has 0 saturated carbocycles. The first-order valence-corrected chi connectivity index (χ1v) is 9.96. The Bertz CT molecular complexity index is 975. The van der Waals surface area contributed by atoms with Crippen LogP contribution in [0.1, 0.15) is 45.7 Å². The first kappa shape index (κ1) is 21.6. The van der Waals surface area contributed by atoms with Crippen molar-refractivity contribution in [3.8, 4) is 5.75 Å². The summed E-state index contributed by atoms with van der Waals surface area (Å²) in [7, 11) is 0. The molecule has 0 saturated heterocycles. The van der Waals surface area contributed by atoms with Gasteiger partial charge in [-0.25, -0.2) is 9.59 Å². The second kappa shape index (κ2) is 9.17. The fourth-order valence-electron chi connectivity index (χ4n) is 3.36. The summed E-state index contributed by atoms with van der Waals surface area (Å²) < 4.78 is 10.2. The third kappa shape index (κ3) is 4.57. The number of hydrogen-bond acceptors (Lipinski definition) is 6. The lowest BCUT2D eigenvalue weighted by atomic mass is 9.95. The van der Waals surface area contributed by atoms with E-state index in [2.05, 4.69) is 5.32 Å². The molecule has 30 heavy (non-hydrogen) atoms. The molecule has 7 nitrogen and oxygen atoms in total. The van der Waals surface area contributed by atoms with Crippen LogP contribution in [0.2, 0.25) is 5.02 Å². The van der Waals surface area contributed by atoms with E-state index in [1.807, 2.05) is 30.3 Å². The molecule has 0 aliphatic carbocycles. The van der Waals surface area contributed by atoms with Gasteiger partial charge in [0.05, 0.1) is 12.2 Å². The van der Waals surface area contributed by atoms with Crippen molar-refractivity contribution < 1.29 is 29.0 Å². The molecule has 2 N–H and O–H groups in total. The zero-order valence-corrected chi connectivity index (χ0v) is 17.4. The van der Waals surface area contributed by atoms with E-state index in [-0.39, 0.29) is 35.3 Å². The number of halogens is 1. The van der Waals surface area contributed by atoms with Gasteiger partial charge >= 0.3 is 11.9 Å². The highest BCUT2D eigenvalue weighted by atomic mass is 35.5. The summed E-state index contributed by atoms with van der Waals surface area (Å²) in [6, 6.07) is 9.43. The van der Waals surface area contributed by atoms with Crippen molar-refractivity contribution in [3.63, 3.8) is 0 Å². The number of esters is 2. The molecule has 2 aromatic carbocycles. The molecule has 0 spiro atoms. The maximum atomic E-state index is 12.9. The van der Waals surface area contributed by atoms with Crippen molar-refractivity contribution in [1.29, 1.82) is 0 Å². The Morgan fingerprint density at radius 1 is 1.33 bits per heavy atom. The molecule has 0 fully saturated rings. The lowest BCUT2D eigenvalue weighted by molar-refractivity contribution is -0.145. The highest BCUT2D eigenvalue weighted by Crippen LogP contribution is 2.36. The summed E-state index contributed by atoms with van der Waals surface area (Å²) in [6.45, 7) is 3.53. The average Bonchev–Trinajstić information content (AvgIpc) is 2.70. The number of carbonyl (C=O) groups is 3. The molecule has 0 bridgehead atoms. The quantitative estimate of drug-likeness (QED) is 0.681. The van der Waals surface area contributed by atoms with Gasteiger partial charge in [-0.15, -0.1) is 0 Å².